The summed E-state index contributed by atoms with van der Waals surface area (Å²) >= 11 is 0. The Kier molecular flexibility index (Phi) is 6.68. The Morgan fingerprint density at radius 3 is 2.56 bits per heavy atom. The minimum Gasteiger partial charge on any atom is -0.484 e. The van der Waals surface area contributed by atoms with Crippen LogP contribution in [0.5, 0.6) is 5.75 Å². The van der Waals surface area contributed by atoms with Gasteiger partial charge in [0.15, 0.2) is 0 Å². The Labute approximate surface area is 192 Å². The van der Waals surface area contributed by atoms with Crippen molar-refractivity contribution < 1.29 is 41.0 Å². The van der Waals surface area contributed by atoms with E-state index in [9.17, 15) is 31.2 Å². The number of alkyl halides is 3. The molecule has 1 aromatic carbocycles. The molecule has 34 heavy (non-hydrogen) atoms. The number of rotatable bonds is 6. The van der Waals surface area contributed by atoms with Gasteiger partial charge >= 0.3 is 12.3 Å². The minimum atomic E-state index is -4.61. The number of carboxylic acid groups (broad SMARTS) is 1. The van der Waals surface area contributed by atoms with Crippen molar-refractivity contribution in [3.05, 3.63) is 29.6 Å². The van der Waals surface area contributed by atoms with Gasteiger partial charge in [0.2, 0.25) is 5.91 Å². The number of ether oxygens (including phenoxy) is 1. The number of carbonyl (C=O) groups excluding carboxylic acids is 1. The minimum absolute atomic E-state index is 0.0207. The van der Waals surface area contributed by atoms with Gasteiger partial charge in [0.25, 0.3) is 10.0 Å². The molecule has 0 fully saturated rings. The molecule has 0 spiro atoms. The molecule has 0 bridgehead atoms. The van der Waals surface area contributed by atoms with Crippen molar-refractivity contribution in [1.29, 1.82) is 0 Å². The molecule has 2 aromatic rings. The lowest BCUT2D eigenvalue weighted by molar-refractivity contribution is -0.143. The van der Waals surface area contributed by atoms with Crippen molar-refractivity contribution in [3.63, 3.8) is 0 Å². The quantitative estimate of drug-likeness (QED) is 0.546. The number of hydrogen-bond acceptors (Lipinski definition) is 6. The fraction of sp³-hybridized carbons (Fsp3) is 0.421. The summed E-state index contributed by atoms with van der Waals surface area (Å²) in [6.07, 6.45) is -6.82. The number of nitrogens with zero attached hydrogens (tertiary/aromatic N) is 3. The van der Waals surface area contributed by atoms with Crippen LogP contribution in [0, 0.1) is 13.8 Å². The molecule has 2 amide bonds. The number of aromatic nitrogens is 2. The molecule has 15 heteroatoms. The first-order chi connectivity index (χ1) is 15.7. The first-order valence-electron chi connectivity index (χ1n) is 9.87. The Morgan fingerprint density at radius 2 is 1.97 bits per heavy atom. The number of fused-ring (bicyclic) bond motifs is 1. The molecular formula is C19H22F3N5O6S. The van der Waals surface area contributed by atoms with E-state index in [4.69, 9.17) is 9.84 Å². The molecular weight excluding hydrogens is 483 g/mol. The highest BCUT2D eigenvalue weighted by Gasteiger charge is 2.39. The van der Waals surface area contributed by atoms with E-state index in [1.54, 1.807) is 0 Å². The summed E-state index contributed by atoms with van der Waals surface area (Å²) in [4.78, 5) is 21.9. The third-order valence-electron chi connectivity index (χ3n) is 4.91. The number of benzene rings is 1. The van der Waals surface area contributed by atoms with Crippen molar-refractivity contribution in [1.82, 2.24) is 15.1 Å². The molecule has 1 aromatic heterocycles. The average molecular weight is 505 g/mol. The van der Waals surface area contributed by atoms with Gasteiger partial charge in [-0.15, -0.1) is 0 Å². The normalized spacial score (nSPS) is 15.9. The summed E-state index contributed by atoms with van der Waals surface area (Å²) < 4.78 is 73.5. The van der Waals surface area contributed by atoms with Crippen LogP contribution in [0.3, 0.4) is 0 Å². The van der Waals surface area contributed by atoms with E-state index in [0.29, 0.717) is 4.68 Å². The second-order valence-electron chi connectivity index (χ2n) is 7.60. The monoisotopic (exact) mass is 505 g/mol. The molecule has 0 saturated heterocycles. The molecule has 1 aliphatic heterocycles. The van der Waals surface area contributed by atoms with E-state index in [0.717, 1.165) is 4.31 Å². The van der Waals surface area contributed by atoms with E-state index in [-0.39, 0.29) is 47.5 Å². The van der Waals surface area contributed by atoms with E-state index in [2.05, 4.69) is 15.7 Å². The van der Waals surface area contributed by atoms with E-state index in [1.165, 1.54) is 39.0 Å². The number of hydrogen-bond donors (Lipinski definition) is 3. The number of nitrogens with one attached hydrogen (secondary N) is 2. The van der Waals surface area contributed by atoms with E-state index < -0.39 is 39.8 Å². The Balaban J connectivity index is 2.10. The molecule has 0 saturated carbocycles. The fourth-order valence-corrected chi connectivity index (χ4v) is 5.47. The number of carbonyl (C=O) groups is 2. The Bertz CT molecular complexity index is 1230. The molecule has 2 heterocycles. The molecule has 1 aliphatic rings. The van der Waals surface area contributed by atoms with Gasteiger partial charge in [-0.25, -0.2) is 13.2 Å². The highest BCUT2D eigenvalue weighted by molar-refractivity contribution is 7.93. The number of anilines is 2. The highest BCUT2D eigenvalue weighted by atomic mass is 32.2. The summed E-state index contributed by atoms with van der Waals surface area (Å²) in [7, 11) is -4.47. The van der Waals surface area contributed by atoms with Crippen LogP contribution in [-0.4, -0.2) is 60.7 Å². The van der Waals surface area contributed by atoms with Crippen molar-refractivity contribution in [2.24, 2.45) is 0 Å². The van der Waals surface area contributed by atoms with Crippen LogP contribution >= 0.6 is 0 Å². The van der Waals surface area contributed by atoms with Crippen LogP contribution in [0.1, 0.15) is 18.3 Å². The van der Waals surface area contributed by atoms with Crippen LogP contribution < -0.4 is 19.7 Å². The molecule has 186 valence electrons. The number of aryl methyl sites for hydroxylation is 1. The summed E-state index contributed by atoms with van der Waals surface area (Å²) in [5.41, 5.74) is -0.307. The summed E-state index contributed by atoms with van der Waals surface area (Å²) in [5.74, 6) is -0.288. The zero-order chi connectivity index (χ0) is 25.4. The van der Waals surface area contributed by atoms with Gasteiger partial charge in [-0.1, -0.05) is 0 Å². The zero-order valence-electron chi connectivity index (χ0n) is 18.3. The second kappa shape index (κ2) is 9.04. The fourth-order valence-electron chi connectivity index (χ4n) is 3.59. The maximum absolute atomic E-state index is 13.7. The van der Waals surface area contributed by atoms with Crippen molar-refractivity contribution >= 4 is 33.4 Å². The highest BCUT2D eigenvalue weighted by Crippen LogP contribution is 2.40. The lowest BCUT2D eigenvalue weighted by Crippen LogP contribution is -2.48. The van der Waals surface area contributed by atoms with Gasteiger partial charge in [0, 0.05) is 12.6 Å². The number of sulfonamides is 1. The van der Waals surface area contributed by atoms with Gasteiger partial charge in [0.05, 0.1) is 30.2 Å². The van der Waals surface area contributed by atoms with Crippen LogP contribution in [0.25, 0.3) is 0 Å². The maximum Gasteiger partial charge on any atom is 0.409 e. The Hall–Kier alpha value is -3.49. The molecule has 0 radical (unpaired) electrons. The van der Waals surface area contributed by atoms with Crippen molar-refractivity contribution in [2.45, 2.75) is 44.5 Å². The third kappa shape index (κ3) is 5.35. The summed E-state index contributed by atoms with van der Waals surface area (Å²) in [5, 5.41) is 17.4. The van der Waals surface area contributed by atoms with Crippen LogP contribution in [0.4, 0.5) is 29.3 Å². The van der Waals surface area contributed by atoms with Gasteiger partial charge in [-0.3, -0.25) is 19.1 Å². The number of amides is 2. The third-order valence-corrected chi connectivity index (χ3v) is 6.95. The van der Waals surface area contributed by atoms with Gasteiger partial charge in [0.1, 0.15) is 23.3 Å². The smallest absolute Gasteiger partial charge is 0.409 e. The molecule has 1 unspecified atom stereocenters. The number of halogens is 3. The SMILES string of the molecule is CC(=O)NCC1CN(S(=O)(=O)c2c(C)nn(CC(F)(F)F)c2C)c2cc(NC(=O)O)ccc2O1. The summed E-state index contributed by atoms with van der Waals surface area (Å²) in [6.45, 7) is 1.97. The topological polar surface area (TPSA) is 143 Å². The lowest BCUT2D eigenvalue weighted by Gasteiger charge is -2.35. The van der Waals surface area contributed by atoms with Crippen LogP contribution in [0.15, 0.2) is 23.1 Å². The standard InChI is InChI=1S/C19H22F3N5O6S/c1-10-17(11(2)26(25-10)9-19(20,21)22)34(31,32)27-8-14(7-23-12(3)28)33-16-5-4-13(6-15(16)27)24-18(29)30/h4-6,14,24H,7-9H2,1-3H3,(H,23,28)(H,29,30). The first-order valence-corrected chi connectivity index (χ1v) is 11.3. The molecule has 3 rings (SSSR count). The molecule has 0 aliphatic carbocycles. The second-order valence-corrected chi connectivity index (χ2v) is 9.40. The van der Waals surface area contributed by atoms with Crippen LogP contribution in [-0.2, 0) is 21.4 Å². The van der Waals surface area contributed by atoms with E-state index in [1.807, 2.05) is 0 Å². The van der Waals surface area contributed by atoms with Gasteiger partial charge in [-0.05, 0) is 32.0 Å². The first kappa shape index (κ1) is 25.1. The largest absolute Gasteiger partial charge is 0.484 e. The van der Waals surface area contributed by atoms with E-state index >= 15 is 0 Å². The lowest BCUT2D eigenvalue weighted by atomic mass is 10.2. The Morgan fingerprint density at radius 1 is 1.29 bits per heavy atom. The zero-order valence-corrected chi connectivity index (χ0v) is 19.1. The predicted octanol–water partition coefficient (Wildman–Crippen LogP) is 2.24. The average Bonchev–Trinajstić information content (AvgIpc) is 2.97. The molecule has 3 N–H and O–H groups in total. The summed E-state index contributed by atoms with van der Waals surface area (Å²) in [6, 6.07) is 3.95. The maximum atomic E-state index is 13.7. The molecule has 1 atom stereocenters. The van der Waals surface area contributed by atoms with Crippen molar-refractivity contribution in [2.75, 3.05) is 22.7 Å². The van der Waals surface area contributed by atoms with Crippen molar-refractivity contribution in [3.8, 4) is 5.75 Å². The predicted molar refractivity (Wildman–Crippen MR) is 113 cm³/mol. The molecule has 11 nitrogen and oxygen atoms in total. The van der Waals surface area contributed by atoms with Gasteiger partial charge in [-0.2, -0.15) is 18.3 Å². The van der Waals surface area contributed by atoms with Gasteiger partial charge < -0.3 is 15.2 Å². The van der Waals surface area contributed by atoms with Crippen LogP contribution in [0.2, 0.25) is 0 Å².